The molecule has 168 valence electrons. The summed E-state index contributed by atoms with van der Waals surface area (Å²) in [5.41, 5.74) is 9.57. The van der Waals surface area contributed by atoms with E-state index in [9.17, 15) is 9.59 Å². The fraction of sp³-hybridized carbons (Fsp3) is 0.417. The number of nitrogens with one attached hydrogen (secondary N) is 1. The molecule has 2 aromatic heterocycles. The maximum atomic E-state index is 13.2. The van der Waals surface area contributed by atoms with E-state index in [2.05, 4.69) is 20.4 Å². The smallest absolute Gasteiger partial charge is 0.259 e. The van der Waals surface area contributed by atoms with Gasteiger partial charge < -0.3 is 15.6 Å². The Labute approximate surface area is 187 Å². The van der Waals surface area contributed by atoms with Gasteiger partial charge in [-0.1, -0.05) is 31.1 Å². The third-order valence-corrected chi connectivity index (χ3v) is 6.05. The van der Waals surface area contributed by atoms with Gasteiger partial charge in [0.05, 0.1) is 16.6 Å². The Kier molecular flexibility index (Phi) is 6.23. The molecule has 0 saturated carbocycles. The fourth-order valence-electron chi connectivity index (χ4n) is 4.17. The summed E-state index contributed by atoms with van der Waals surface area (Å²) < 4.78 is 5.33. The molecule has 1 aromatic carbocycles. The number of hydrogen-bond acceptors (Lipinski definition) is 6. The van der Waals surface area contributed by atoms with Gasteiger partial charge in [0.1, 0.15) is 0 Å². The van der Waals surface area contributed by atoms with E-state index < -0.39 is 0 Å². The van der Waals surface area contributed by atoms with Crippen molar-refractivity contribution in [1.82, 2.24) is 15.0 Å². The van der Waals surface area contributed by atoms with Crippen molar-refractivity contribution in [1.29, 1.82) is 0 Å². The average Bonchev–Trinajstić information content (AvgIpc) is 3.14. The summed E-state index contributed by atoms with van der Waals surface area (Å²) >= 11 is 0. The minimum atomic E-state index is -0.218. The lowest BCUT2D eigenvalue weighted by Crippen LogP contribution is -2.38. The van der Waals surface area contributed by atoms with Gasteiger partial charge in [0.25, 0.3) is 11.6 Å². The Balaban J connectivity index is 1.50. The molecule has 1 aliphatic heterocycles. The average molecular weight is 436 g/mol. The van der Waals surface area contributed by atoms with E-state index in [0.29, 0.717) is 22.4 Å². The number of aromatic nitrogens is 2. The zero-order valence-electron chi connectivity index (χ0n) is 18.7. The SMILES string of the molecule is Cc1noc2nc(C(C)C)cc(C(=O)Nc3cccc(CN4CCC(C(N)=O)CC4)c3)c12. The first-order valence-corrected chi connectivity index (χ1v) is 11.0. The molecule has 0 unspecified atom stereocenters. The van der Waals surface area contributed by atoms with Crippen LogP contribution >= 0.6 is 0 Å². The Morgan fingerprint density at radius 2 is 2.00 bits per heavy atom. The van der Waals surface area contributed by atoms with Crippen molar-refractivity contribution < 1.29 is 14.1 Å². The van der Waals surface area contributed by atoms with E-state index in [1.807, 2.05) is 44.2 Å². The van der Waals surface area contributed by atoms with E-state index >= 15 is 0 Å². The largest absolute Gasteiger partial charge is 0.369 e. The van der Waals surface area contributed by atoms with Gasteiger partial charge in [-0.15, -0.1) is 0 Å². The highest BCUT2D eigenvalue weighted by molar-refractivity contribution is 6.12. The van der Waals surface area contributed by atoms with Crippen molar-refractivity contribution >= 4 is 28.6 Å². The number of carbonyl (C=O) groups excluding carboxylic acids is 2. The summed E-state index contributed by atoms with van der Waals surface area (Å²) in [6.45, 7) is 8.29. The number of hydrogen-bond donors (Lipinski definition) is 2. The van der Waals surface area contributed by atoms with Crippen LogP contribution in [0.25, 0.3) is 11.1 Å². The number of aryl methyl sites for hydroxylation is 1. The predicted octanol–water partition coefficient (Wildman–Crippen LogP) is 3.60. The molecule has 1 aliphatic rings. The van der Waals surface area contributed by atoms with Crippen molar-refractivity contribution in [3.05, 3.63) is 52.8 Å². The van der Waals surface area contributed by atoms with Crippen molar-refractivity contribution in [2.75, 3.05) is 18.4 Å². The topological polar surface area (TPSA) is 114 Å². The third-order valence-electron chi connectivity index (χ3n) is 6.05. The number of carbonyl (C=O) groups is 2. The first-order chi connectivity index (χ1) is 15.3. The molecule has 3 N–H and O–H groups in total. The summed E-state index contributed by atoms with van der Waals surface area (Å²) in [4.78, 5) is 31.4. The molecular formula is C24H29N5O3. The van der Waals surface area contributed by atoms with Gasteiger partial charge in [-0.25, -0.2) is 4.98 Å². The van der Waals surface area contributed by atoms with Crippen LogP contribution in [0.3, 0.4) is 0 Å². The van der Waals surface area contributed by atoms with Gasteiger partial charge in [0.15, 0.2) is 0 Å². The molecule has 0 radical (unpaired) electrons. The maximum Gasteiger partial charge on any atom is 0.259 e. The van der Waals surface area contributed by atoms with E-state index in [0.717, 1.165) is 49.4 Å². The second-order valence-electron chi connectivity index (χ2n) is 8.80. The normalized spacial score (nSPS) is 15.4. The molecule has 0 spiro atoms. The second kappa shape index (κ2) is 9.08. The minimum Gasteiger partial charge on any atom is -0.369 e. The maximum absolute atomic E-state index is 13.2. The Bertz CT molecular complexity index is 1150. The molecule has 1 saturated heterocycles. The standard InChI is InChI=1S/C24H29N5O3/c1-14(2)20-12-19(21-15(3)28-32-24(21)27-20)23(31)26-18-6-4-5-16(11-18)13-29-9-7-17(8-10-29)22(25)30/h4-6,11-12,14,17H,7-10,13H2,1-3H3,(H2,25,30)(H,26,31). The lowest BCUT2D eigenvalue weighted by atomic mass is 9.96. The number of nitrogens with zero attached hydrogens (tertiary/aromatic N) is 3. The zero-order chi connectivity index (χ0) is 22.8. The van der Waals surface area contributed by atoms with Crippen LogP contribution in [0.15, 0.2) is 34.9 Å². The molecule has 4 rings (SSSR count). The highest BCUT2D eigenvalue weighted by Crippen LogP contribution is 2.26. The molecule has 32 heavy (non-hydrogen) atoms. The fourth-order valence-corrected chi connectivity index (χ4v) is 4.17. The van der Waals surface area contributed by atoms with E-state index in [4.69, 9.17) is 10.3 Å². The molecule has 0 aliphatic carbocycles. The van der Waals surface area contributed by atoms with Crippen molar-refractivity contribution in [2.24, 2.45) is 11.7 Å². The summed E-state index contributed by atoms with van der Waals surface area (Å²) in [7, 11) is 0. The van der Waals surface area contributed by atoms with Gasteiger partial charge >= 0.3 is 0 Å². The number of amides is 2. The van der Waals surface area contributed by atoms with Crippen LogP contribution in [0, 0.1) is 12.8 Å². The van der Waals surface area contributed by atoms with Crippen LogP contribution in [0.5, 0.6) is 0 Å². The van der Waals surface area contributed by atoms with Gasteiger partial charge in [-0.05, 0) is 62.5 Å². The number of piperidine rings is 1. The number of primary amides is 1. The number of benzene rings is 1. The number of rotatable bonds is 6. The van der Waals surface area contributed by atoms with Gasteiger partial charge in [0.2, 0.25) is 5.91 Å². The molecule has 3 heterocycles. The quantitative estimate of drug-likeness (QED) is 0.611. The van der Waals surface area contributed by atoms with Crippen molar-refractivity contribution in [3.63, 3.8) is 0 Å². The molecule has 1 fully saturated rings. The van der Waals surface area contributed by atoms with Crippen LogP contribution in [-0.4, -0.2) is 39.9 Å². The number of fused-ring (bicyclic) bond motifs is 1. The number of likely N-dealkylation sites (tertiary alicyclic amines) is 1. The van der Waals surface area contributed by atoms with Crippen molar-refractivity contribution in [3.8, 4) is 0 Å². The highest BCUT2D eigenvalue weighted by atomic mass is 16.5. The van der Waals surface area contributed by atoms with Crippen molar-refractivity contribution in [2.45, 2.75) is 46.1 Å². The predicted molar refractivity (Wildman–Crippen MR) is 122 cm³/mol. The monoisotopic (exact) mass is 435 g/mol. The zero-order valence-corrected chi connectivity index (χ0v) is 18.7. The van der Waals surface area contributed by atoms with Crippen LogP contribution < -0.4 is 11.1 Å². The van der Waals surface area contributed by atoms with E-state index in [1.165, 1.54) is 0 Å². The van der Waals surface area contributed by atoms with E-state index in [1.54, 1.807) is 6.92 Å². The Morgan fingerprint density at radius 3 is 2.69 bits per heavy atom. The van der Waals surface area contributed by atoms with Gasteiger partial charge in [-0.3, -0.25) is 14.5 Å². The lowest BCUT2D eigenvalue weighted by Gasteiger charge is -2.30. The summed E-state index contributed by atoms with van der Waals surface area (Å²) in [6.07, 6.45) is 1.58. The number of pyridine rings is 1. The molecule has 2 amide bonds. The van der Waals surface area contributed by atoms with Crippen LogP contribution in [0.4, 0.5) is 5.69 Å². The van der Waals surface area contributed by atoms with Crippen LogP contribution in [0.2, 0.25) is 0 Å². The van der Waals surface area contributed by atoms with Gasteiger partial charge in [0, 0.05) is 23.8 Å². The molecule has 8 nitrogen and oxygen atoms in total. The lowest BCUT2D eigenvalue weighted by molar-refractivity contribution is -0.123. The summed E-state index contributed by atoms with van der Waals surface area (Å²) in [5, 5.41) is 7.65. The van der Waals surface area contributed by atoms with Crippen LogP contribution in [-0.2, 0) is 11.3 Å². The summed E-state index contributed by atoms with van der Waals surface area (Å²) in [6, 6.07) is 9.66. The summed E-state index contributed by atoms with van der Waals surface area (Å²) in [5.74, 6) is -0.294. The van der Waals surface area contributed by atoms with E-state index in [-0.39, 0.29) is 23.7 Å². The van der Waals surface area contributed by atoms with Crippen LogP contribution in [0.1, 0.15) is 59.9 Å². The number of nitrogens with two attached hydrogens (primary N) is 1. The second-order valence-corrected chi connectivity index (χ2v) is 8.80. The highest BCUT2D eigenvalue weighted by Gasteiger charge is 2.23. The Hall–Kier alpha value is -3.26. The molecule has 0 bridgehead atoms. The molecule has 8 heteroatoms. The first-order valence-electron chi connectivity index (χ1n) is 11.0. The Morgan fingerprint density at radius 1 is 1.25 bits per heavy atom. The third kappa shape index (κ3) is 4.65. The minimum absolute atomic E-state index is 0.0225. The van der Waals surface area contributed by atoms with Gasteiger partial charge in [-0.2, -0.15) is 0 Å². The molecule has 0 atom stereocenters. The molecule has 3 aromatic rings. The number of anilines is 1. The first kappa shape index (κ1) is 22.0. The molecular weight excluding hydrogens is 406 g/mol.